The third-order valence-corrected chi connectivity index (χ3v) is 13.7. The zero-order valence-electron chi connectivity index (χ0n) is 32.2. The van der Waals surface area contributed by atoms with Gasteiger partial charge in [-0.2, -0.15) is 0 Å². The van der Waals surface area contributed by atoms with E-state index in [-0.39, 0.29) is 131 Å². The van der Waals surface area contributed by atoms with Crippen LogP contribution in [0.5, 0.6) is 11.5 Å². The van der Waals surface area contributed by atoms with Crippen LogP contribution in [0, 0.1) is 11.7 Å². The van der Waals surface area contributed by atoms with Crippen molar-refractivity contribution in [3.8, 4) is 11.5 Å². The Labute approximate surface area is 361 Å². The van der Waals surface area contributed by atoms with Crippen LogP contribution in [-0.4, -0.2) is 85.8 Å². The van der Waals surface area contributed by atoms with Gasteiger partial charge in [0, 0.05) is 60.6 Å². The number of fused-ring (bicyclic) bond motifs is 1. The third-order valence-electron chi connectivity index (χ3n) is 9.58. The van der Waals surface area contributed by atoms with Gasteiger partial charge in [0.1, 0.15) is 22.9 Å². The second-order valence-corrected chi connectivity index (χ2v) is 19.0. The maximum Gasteiger partial charge on any atom is 1.00 e. The number of anilines is 1. The van der Waals surface area contributed by atoms with Crippen LogP contribution in [-0.2, 0) is 24.1 Å². The number of carboxylic acid groups (broad SMARTS) is 1. The van der Waals surface area contributed by atoms with Gasteiger partial charge in [0.2, 0.25) is 18.7 Å². The molecule has 2 aliphatic rings. The molecule has 55 heavy (non-hydrogen) atoms. The van der Waals surface area contributed by atoms with E-state index in [1.807, 2.05) is 0 Å². The van der Waals surface area contributed by atoms with Crippen molar-refractivity contribution in [2.45, 2.75) is 71.4 Å². The smallest absolute Gasteiger partial charge is 0.492 e. The summed E-state index contributed by atoms with van der Waals surface area (Å²) in [5.41, 5.74) is -1.85. The van der Waals surface area contributed by atoms with Crippen LogP contribution in [0.15, 0.2) is 35.3 Å². The van der Waals surface area contributed by atoms with Gasteiger partial charge in [0.25, 0.3) is 0 Å². The monoisotopic (exact) mass is 825 g/mol. The Morgan fingerprint density at radius 1 is 1.05 bits per heavy atom. The number of hydrogen-bond donors (Lipinski definition) is 4. The second-order valence-electron chi connectivity index (χ2n) is 14.7. The van der Waals surface area contributed by atoms with Crippen LogP contribution in [0.2, 0.25) is 0 Å². The Morgan fingerprint density at radius 2 is 1.69 bits per heavy atom. The average Bonchev–Trinajstić information content (AvgIpc) is 3.88. The number of nitrogens with zero attached hydrogens (tertiary/aromatic N) is 3. The van der Waals surface area contributed by atoms with Crippen molar-refractivity contribution in [1.29, 1.82) is 0 Å². The summed E-state index contributed by atoms with van der Waals surface area (Å²) in [4.78, 5) is 84.3. The van der Waals surface area contributed by atoms with Crippen LogP contribution in [0.4, 0.5) is 10.1 Å². The molecule has 1 aliphatic heterocycles. The first kappa shape index (κ1) is 47.3. The summed E-state index contributed by atoms with van der Waals surface area (Å²) in [6, 6.07) is 4.16. The molecule has 1 amide bonds. The molecule has 1 aliphatic carbocycles. The number of ether oxygens (including phenoxy) is 2. The number of aromatic nitrogens is 1. The molecule has 1 saturated heterocycles. The molecule has 0 bridgehead atoms. The van der Waals surface area contributed by atoms with E-state index in [0.29, 0.717) is 5.52 Å². The fraction of sp³-hybridized carbons (Fsp3) is 0.486. The molecule has 15 nitrogen and oxygen atoms in total. The first-order valence-electron chi connectivity index (χ1n) is 17.0. The van der Waals surface area contributed by atoms with Crippen LogP contribution >= 0.6 is 15.0 Å². The molecule has 2 unspecified atom stereocenters. The zero-order chi connectivity index (χ0) is 39.4. The normalized spacial score (nSPS) is 17.3. The summed E-state index contributed by atoms with van der Waals surface area (Å²) in [6.45, 7) is 8.84. The van der Waals surface area contributed by atoms with E-state index in [0.717, 1.165) is 25.0 Å². The minimum Gasteiger partial charge on any atom is -0.492 e. The number of halogens is 1. The molecule has 2 fully saturated rings. The average molecular weight is 826 g/mol. The largest absolute Gasteiger partial charge is 1.00 e. The molecule has 20 heteroatoms. The molecular formula is C35H44FN3Na2O12P2+2. The number of carbonyl (C=O) groups is 3. The summed E-state index contributed by atoms with van der Waals surface area (Å²) in [6.07, 6.45) is 2.60. The van der Waals surface area contributed by atoms with Gasteiger partial charge < -0.3 is 43.6 Å². The summed E-state index contributed by atoms with van der Waals surface area (Å²) in [7, 11) is -8.12. The maximum absolute atomic E-state index is 16.0. The predicted molar refractivity (Wildman–Crippen MR) is 194 cm³/mol. The Kier molecular flexibility index (Phi) is 15.3. The van der Waals surface area contributed by atoms with Crippen molar-refractivity contribution >= 4 is 54.7 Å². The predicted octanol–water partition coefficient (Wildman–Crippen LogP) is -1.81. The van der Waals surface area contributed by atoms with Gasteiger partial charge in [-0.25, -0.2) is 9.18 Å². The summed E-state index contributed by atoms with van der Waals surface area (Å²) < 4.78 is 53.7. The van der Waals surface area contributed by atoms with Crippen LogP contribution in [0.25, 0.3) is 10.9 Å². The Bertz CT molecular complexity index is 2150. The molecule has 1 saturated carbocycles. The summed E-state index contributed by atoms with van der Waals surface area (Å²) >= 11 is 0. The van der Waals surface area contributed by atoms with E-state index in [1.54, 1.807) is 49.0 Å². The van der Waals surface area contributed by atoms with Gasteiger partial charge in [-0.1, -0.05) is 27.7 Å². The van der Waals surface area contributed by atoms with Crippen LogP contribution in [0.1, 0.15) is 75.8 Å². The molecule has 1 aromatic heterocycles. The Hall–Kier alpha value is -2.07. The number of amides is 1. The fourth-order valence-electron chi connectivity index (χ4n) is 6.74. The topological polar surface area (TPSA) is 213 Å². The molecule has 2 heterocycles. The standard InChI is InChI=1S/C35H44FN3O12P2.2Na/c1-19(2)34(44)51-27-10-9-22(52(45,46)18-53(47,48)49)13-25(27)35(4,5)15-28(40)38-12-11-37(16-20(38)3)30-26(36)14-23-29(32(30)50-6)39(21-7-8-21)17-24(31(23)41)33(42)43;;/h9-10,13-14,17,19-21H,7-8,11-12,15-16,18H2,1-6H3,(H,42,43)(H,45,46)(H2,47,48,49);;/q;2*+1. The van der Waals surface area contributed by atoms with E-state index in [2.05, 4.69) is 0 Å². The Balaban J connectivity index is 0.00000406. The van der Waals surface area contributed by atoms with Crippen molar-refractivity contribution in [1.82, 2.24) is 9.47 Å². The number of aromatic carboxylic acids is 1. The number of carbonyl (C=O) groups excluding carboxylic acids is 2. The van der Waals surface area contributed by atoms with Gasteiger partial charge in [-0.05, 0) is 44.0 Å². The van der Waals surface area contributed by atoms with E-state index < -0.39 is 67.0 Å². The first-order chi connectivity index (χ1) is 24.6. The van der Waals surface area contributed by atoms with Crippen LogP contribution < -0.4 is 84.2 Å². The number of rotatable bonds is 12. The number of esters is 1. The fourth-order valence-corrected chi connectivity index (χ4v) is 10.0. The van der Waals surface area contributed by atoms with E-state index in [9.17, 15) is 48.1 Å². The minimum atomic E-state index is -4.90. The molecule has 4 N–H and O–H groups in total. The molecule has 0 radical (unpaired) electrons. The molecule has 3 aromatic rings. The van der Waals surface area contributed by atoms with Gasteiger partial charge in [-0.15, -0.1) is 0 Å². The summed E-state index contributed by atoms with van der Waals surface area (Å²) in [5.74, 6) is -4.84. The molecule has 5 rings (SSSR count). The SMILES string of the molecule is COc1c(N2CCN(C(=O)CC(C)(C)c3cc(P(=O)(O)CP(=O)(O)O)ccc3OC(=O)C(C)C)C(C)C2)c(F)cc2c(=O)c(C(=O)O)cn(C3CC3)c12.[Na+].[Na+]. The number of hydrogen-bond acceptors (Lipinski definition) is 9. The van der Waals surface area contributed by atoms with Gasteiger partial charge >= 0.3 is 78.6 Å². The summed E-state index contributed by atoms with van der Waals surface area (Å²) in [5, 5.41) is 9.26. The number of benzene rings is 2. The number of carboxylic acids is 1. The van der Waals surface area contributed by atoms with Gasteiger partial charge in [0.15, 0.2) is 11.6 Å². The Morgan fingerprint density at radius 3 is 2.22 bits per heavy atom. The molecular weight excluding hydrogens is 781 g/mol. The van der Waals surface area contributed by atoms with Crippen molar-refractivity contribution in [2.24, 2.45) is 5.92 Å². The van der Waals surface area contributed by atoms with Gasteiger partial charge in [-0.3, -0.25) is 23.5 Å². The zero-order valence-corrected chi connectivity index (χ0v) is 38.0. The van der Waals surface area contributed by atoms with Gasteiger partial charge in [0.05, 0.1) is 23.9 Å². The minimum absolute atomic E-state index is 0. The maximum atomic E-state index is 16.0. The van der Waals surface area contributed by atoms with Crippen LogP contribution in [0.3, 0.4) is 0 Å². The molecule has 2 aromatic carbocycles. The van der Waals surface area contributed by atoms with Crippen molar-refractivity contribution < 1.29 is 116 Å². The van der Waals surface area contributed by atoms with E-state index in [4.69, 9.17) is 9.47 Å². The third kappa shape index (κ3) is 10.3. The molecule has 2 atom stereocenters. The molecule has 0 spiro atoms. The number of piperazine rings is 1. The number of methoxy groups -OCH3 is 1. The van der Waals surface area contributed by atoms with E-state index in [1.165, 1.54) is 25.4 Å². The van der Waals surface area contributed by atoms with Crippen molar-refractivity contribution in [3.63, 3.8) is 0 Å². The second kappa shape index (κ2) is 17.8. The van der Waals surface area contributed by atoms with Crippen molar-refractivity contribution in [3.05, 3.63) is 57.6 Å². The van der Waals surface area contributed by atoms with Crippen molar-refractivity contribution in [2.75, 3.05) is 37.5 Å². The molecule has 288 valence electrons. The quantitative estimate of drug-likeness (QED) is 0.0688. The van der Waals surface area contributed by atoms with E-state index >= 15 is 4.39 Å². The number of pyridine rings is 1. The first-order valence-corrected chi connectivity index (χ1v) is 20.7.